The number of nitrogens with two attached hydrogens (primary N) is 1. The zero-order valence-electron chi connectivity index (χ0n) is 8.08. The molecule has 0 bridgehead atoms. The predicted octanol–water partition coefficient (Wildman–Crippen LogP) is -0.124. The normalized spacial score (nSPS) is 25.5. The van der Waals surface area contributed by atoms with E-state index in [2.05, 4.69) is 5.32 Å². The van der Waals surface area contributed by atoms with Crippen molar-refractivity contribution in [3.05, 3.63) is 0 Å². The van der Waals surface area contributed by atoms with Gasteiger partial charge in [-0.05, 0) is 19.4 Å². The van der Waals surface area contributed by atoms with Crippen LogP contribution in [0.5, 0.6) is 0 Å². The number of carbonyl (C=O) groups excluding carboxylic acids is 1. The lowest BCUT2D eigenvalue weighted by Crippen LogP contribution is -2.48. The van der Waals surface area contributed by atoms with Gasteiger partial charge in [-0.25, -0.2) is 0 Å². The number of carbonyl (C=O) groups is 1. The summed E-state index contributed by atoms with van der Waals surface area (Å²) in [5, 5.41) is 3.10. The summed E-state index contributed by atoms with van der Waals surface area (Å²) in [6, 6.07) is -0.217. The van der Waals surface area contributed by atoms with Crippen molar-refractivity contribution >= 4 is 5.91 Å². The van der Waals surface area contributed by atoms with Crippen LogP contribution < -0.4 is 11.1 Å². The molecule has 2 unspecified atom stereocenters. The van der Waals surface area contributed by atoms with Crippen LogP contribution in [0.1, 0.15) is 19.8 Å². The van der Waals surface area contributed by atoms with E-state index in [0.29, 0.717) is 6.61 Å². The van der Waals surface area contributed by atoms with Crippen molar-refractivity contribution in [3.63, 3.8) is 0 Å². The molecule has 0 aliphatic carbocycles. The molecule has 1 aliphatic heterocycles. The Morgan fingerprint density at radius 2 is 2.54 bits per heavy atom. The second-order valence-corrected chi connectivity index (χ2v) is 3.41. The molecule has 4 nitrogen and oxygen atoms in total. The number of amides is 1. The van der Waals surface area contributed by atoms with E-state index >= 15 is 0 Å². The van der Waals surface area contributed by atoms with E-state index in [0.717, 1.165) is 26.0 Å². The second kappa shape index (κ2) is 5.19. The number of hydrogen-bond donors (Lipinski definition) is 2. The van der Waals surface area contributed by atoms with E-state index in [9.17, 15) is 4.79 Å². The average molecular weight is 186 g/mol. The Morgan fingerprint density at radius 3 is 3.00 bits per heavy atom. The Hall–Kier alpha value is -0.610. The van der Waals surface area contributed by atoms with E-state index in [1.165, 1.54) is 0 Å². The molecule has 76 valence electrons. The topological polar surface area (TPSA) is 64.3 Å². The molecule has 3 N–H and O–H groups in total. The lowest BCUT2D eigenvalue weighted by atomic mass is 9.93. The summed E-state index contributed by atoms with van der Waals surface area (Å²) >= 11 is 0. The number of nitrogens with one attached hydrogen (secondary N) is 1. The van der Waals surface area contributed by atoms with Crippen LogP contribution in [0, 0.1) is 5.92 Å². The van der Waals surface area contributed by atoms with Gasteiger partial charge < -0.3 is 15.8 Å². The molecule has 1 aliphatic rings. The predicted molar refractivity (Wildman–Crippen MR) is 50.2 cm³/mol. The molecule has 0 radical (unpaired) electrons. The van der Waals surface area contributed by atoms with Crippen LogP contribution in [0.25, 0.3) is 0 Å². The average Bonchev–Trinajstić information content (AvgIpc) is 2.15. The van der Waals surface area contributed by atoms with Gasteiger partial charge in [0.2, 0.25) is 5.91 Å². The van der Waals surface area contributed by atoms with E-state index in [1.54, 1.807) is 0 Å². The standard InChI is InChI=1S/C9H18N2O2/c1-2-11-8(9(10)12)7-4-3-5-13-6-7/h7-8,11H,2-6H2,1H3,(H2,10,12). The highest BCUT2D eigenvalue weighted by Crippen LogP contribution is 2.17. The molecule has 1 saturated heterocycles. The summed E-state index contributed by atoms with van der Waals surface area (Å²) in [7, 11) is 0. The smallest absolute Gasteiger partial charge is 0.234 e. The van der Waals surface area contributed by atoms with Crippen molar-refractivity contribution in [1.29, 1.82) is 0 Å². The van der Waals surface area contributed by atoms with Crippen molar-refractivity contribution in [1.82, 2.24) is 5.32 Å². The first-order valence-electron chi connectivity index (χ1n) is 4.86. The number of hydrogen-bond acceptors (Lipinski definition) is 3. The first-order chi connectivity index (χ1) is 6.25. The first-order valence-corrected chi connectivity index (χ1v) is 4.86. The quantitative estimate of drug-likeness (QED) is 0.643. The lowest BCUT2D eigenvalue weighted by molar-refractivity contribution is -0.122. The van der Waals surface area contributed by atoms with Crippen LogP contribution in [0.15, 0.2) is 0 Å². The maximum atomic E-state index is 11.1. The Morgan fingerprint density at radius 1 is 1.77 bits per heavy atom. The van der Waals surface area contributed by atoms with Crippen molar-refractivity contribution in [2.45, 2.75) is 25.8 Å². The zero-order valence-corrected chi connectivity index (χ0v) is 8.08. The van der Waals surface area contributed by atoms with Crippen molar-refractivity contribution in [2.75, 3.05) is 19.8 Å². The third-order valence-electron chi connectivity index (χ3n) is 2.40. The van der Waals surface area contributed by atoms with Crippen LogP contribution in [0.4, 0.5) is 0 Å². The highest BCUT2D eigenvalue weighted by Gasteiger charge is 2.27. The Kier molecular flexibility index (Phi) is 4.18. The molecule has 1 amide bonds. The highest BCUT2D eigenvalue weighted by molar-refractivity contribution is 5.80. The van der Waals surface area contributed by atoms with Gasteiger partial charge in [-0.15, -0.1) is 0 Å². The third-order valence-corrected chi connectivity index (χ3v) is 2.40. The summed E-state index contributed by atoms with van der Waals surface area (Å²) in [6.45, 7) is 4.21. The molecule has 0 aromatic carbocycles. The molecular weight excluding hydrogens is 168 g/mol. The number of primary amides is 1. The van der Waals surface area contributed by atoms with Gasteiger partial charge in [0, 0.05) is 12.5 Å². The minimum atomic E-state index is -0.266. The molecule has 1 rings (SSSR count). The van der Waals surface area contributed by atoms with Gasteiger partial charge in [0.05, 0.1) is 12.6 Å². The molecule has 4 heteroatoms. The highest BCUT2D eigenvalue weighted by atomic mass is 16.5. The molecule has 0 spiro atoms. The van der Waals surface area contributed by atoms with Crippen LogP contribution in [0.3, 0.4) is 0 Å². The fourth-order valence-corrected chi connectivity index (χ4v) is 1.75. The van der Waals surface area contributed by atoms with E-state index in [-0.39, 0.29) is 17.9 Å². The van der Waals surface area contributed by atoms with Gasteiger partial charge in [0.15, 0.2) is 0 Å². The minimum absolute atomic E-state index is 0.217. The molecular formula is C9H18N2O2. The molecule has 2 atom stereocenters. The third kappa shape index (κ3) is 2.97. The monoisotopic (exact) mass is 186 g/mol. The minimum Gasteiger partial charge on any atom is -0.381 e. The Bertz CT molecular complexity index is 167. The van der Waals surface area contributed by atoms with E-state index in [4.69, 9.17) is 10.5 Å². The molecule has 0 saturated carbocycles. The number of likely N-dealkylation sites (N-methyl/N-ethyl adjacent to an activating group) is 1. The van der Waals surface area contributed by atoms with Crippen LogP contribution in [-0.4, -0.2) is 31.7 Å². The number of ether oxygens (including phenoxy) is 1. The van der Waals surface area contributed by atoms with Crippen molar-refractivity contribution < 1.29 is 9.53 Å². The summed E-state index contributed by atoms with van der Waals surface area (Å²) < 4.78 is 5.31. The van der Waals surface area contributed by atoms with Crippen LogP contribution >= 0.6 is 0 Å². The van der Waals surface area contributed by atoms with Gasteiger partial charge in [0.1, 0.15) is 0 Å². The van der Waals surface area contributed by atoms with Crippen molar-refractivity contribution in [2.24, 2.45) is 11.7 Å². The summed E-state index contributed by atoms with van der Waals surface area (Å²) in [5.74, 6) is -0.0106. The molecule has 13 heavy (non-hydrogen) atoms. The van der Waals surface area contributed by atoms with Gasteiger partial charge in [-0.3, -0.25) is 4.79 Å². The first kappa shape index (κ1) is 10.5. The number of rotatable bonds is 4. The summed E-state index contributed by atoms with van der Waals surface area (Å²) in [4.78, 5) is 11.1. The maximum absolute atomic E-state index is 11.1. The van der Waals surface area contributed by atoms with Gasteiger partial charge in [-0.2, -0.15) is 0 Å². The molecule has 1 heterocycles. The fourth-order valence-electron chi connectivity index (χ4n) is 1.75. The Labute approximate surface area is 78.8 Å². The van der Waals surface area contributed by atoms with Gasteiger partial charge in [0.25, 0.3) is 0 Å². The second-order valence-electron chi connectivity index (χ2n) is 3.41. The fraction of sp³-hybridized carbons (Fsp3) is 0.889. The largest absolute Gasteiger partial charge is 0.381 e. The molecule has 1 fully saturated rings. The van der Waals surface area contributed by atoms with Gasteiger partial charge >= 0.3 is 0 Å². The van der Waals surface area contributed by atoms with Gasteiger partial charge in [-0.1, -0.05) is 6.92 Å². The van der Waals surface area contributed by atoms with Crippen LogP contribution in [-0.2, 0) is 9.53 Å². The lowest BCUT2D eigenvalue weighted by Gasteiger charge is -2.28. The van der Waals surface area contributed by atoms with E-state index in [1.807, 2.05) is 6.92 Å². The molecule has 0 aromatic heterocycles. The van der Waals surface area contributed by atoms with Crippen LogP contribution in [0.2, 0.25) is 0 Å². The van der Waals surface area contributed by atoms with Crippen molar-refractivity contribution in [3.8, 4) is 0 Å². The summed E-state index contributed by atoms with van der Waals surface area (Å²) in [6.07, 6.45) is 2.06. The SMILES string of the molecule is CCNC(C(N)=O)C1CCCOC1. The maximum Gasteiger partial charge on any atom is 0.234 e. The Balaban J connectivity index is 2.46. The zero-order chi connectivity index (χ0) is 9.68. The van der Waals surface area contributed by atoms with E-state index < -0.39 is 0 Å². The molecule has 0 aromatic rings. The summed E-state index contributed by atoms with van der Waals surface area (Å²) in [5.41, 5.74) is 5.30.